The fourth-order valence-electron chi connectivity index (χ4n) is 3.07. The van der Waals surface area contributed by atoms with Crippen LogP contribution in [0, 0.1) is 0 Å². The number of hydrogen-bond donors (Lipinski definition) is 2. The van der Waals surface area contributed by atoms with Gasteiger partial charge in [-0.2, -0.15) is 0 Å². The van der Waals surface area contributed by atoms with Gasteiger partial charge in [0.2, 0.25) is 0 Å². The first-order valence-electron chi connectivity index (χ1n) is 6.76. The summed E-state index contributed by atoms with van der Waals surface area (Å²) in [6.07, 6.45) is 9.65. The second kappa shape index (κ2) is 5.99. The molecule has 3 nitrogen and oxygen atoms in total. The largest absolute Gasteiger partial charge is 0.392 e. The van der Waals surface area contributed by atoms with E-state index >= 15 is 0 Å². The van der Waals surface area contributed by atoms with Crippen LogP contribution in [0.15, 0.2) is 0 Å². The Morgan fingerprint density at radius 2 is 1.69 bits per heavy atom. The van der Waals surface area contributed by atoms with Crippen LogP contribution in [-0.4, -0.2) is 36.5 Å². The number of hydrogen-bond acceptors (Lipinski definition) is 3. The summed E-state index contributed by atoms with van der Waals surface area (Å²) in [5.41, 5.74) is 0. The Bertz CT molecular complexity index is 202. The van der Waals surface area contributed by atoms with E-state index in [0.29, 0.717) is 18.2 Å². The molecule has 2 aliphatic carbocycles. The fourth-order valence-corrected chi connectivity index (χ4v) is 3.07. The zero-order chi connectivity index (χ0) is 11.4. The standard InChI is InChI=1S/C13H25NO2/c1-16-11-8-6-10(7-9-11)14-12-4-2-3-5-13(12)15/h10-15H,2-9H2,1H3. The van der Waals surface area contributed by atoms with Crippen LogP contribution in [0.1, 0.15) is 51.4 Å². The normalized spacial score (nSPS) is 40.9. The summed E-state index contributed by atoms with van der Waals surface area (Å²) in [6, 6.07) is 0.946. The zero-order valence-corrected chi connectivity index (χ0v) is 10.3. The first kappa shape index (κ1) is 12.3. The average molecular weight is 227 g/mol. The summed E-state index contributed by atoms with van der Waals surface area (Å²) in [6.45, 7) is 0. The molecule has 2 rings (SSSR count). The molecule has 2 atom stereocenters. The predicted molar refractivity (Wildman–Crippen MR) is 64.5 cm³/mol. The van der Waals surface area contributed by atoms with Crippen LogP contribution in [0.2, 0.25) is 0 Å². The Balaban J connectivity index is 1.73. The first-order chi connectivity index (χ1) is 7.79. The summed E-state index contributed by atoms with van der Waals surface area (Å²) in [7, 11) is 1.81. The molecular weight excluding hydrogens is 202 g/mol. The summed E-state index contributed by atoms with van der Waals surface area (Å²) in [5, 5.41) is 13.6. The molecule has 0 amide bonds. The maximum Gasteiger partial charge on any atom is 0.0693 e. The van der Waals surface area contributed by atoms with Gasteiger partial charge in [0.25, 0.3) is 0 Å². The molecule has 2 N–H and O–H groups in total. The van der Waals surface area contributed by atoms with Crippen molar-refractivity contribution in [3.8, 4) is 0 Å². The highest BCUT2D eigenvalue weighted by molar-refractivity contribution is 4.86. The highest BCUT2D eigenvalue weighted by atomic mass is 16.5. The quantitative estimate of drug-likeness (QED) is 0.773. The Morgan fingerprint density at radius 1 is 1.00 bits per heavy atom. The van der Waals surface area contributed by atoms with Gasteiger partial charge in [-0.05, 0) is 38.5 Å². The van der Waals surface area contributed by atoms with E-state index in [9.17, 15) is 5.11 Å². The average Bonchev–Trinajstić information content (AvgIpc) is 2.33. The van der Waals surface area contributed by atoms with Crippen molar-refractivity contribution in [2.45, 2.75) is 75.7 Å². The molecule has 2 unspecified atom stereocenters. The Hall–Kier alpha value is -0.120. The molecular formula is C13H25NO2. The lowest BCUT2D eigenvalue weighted by Gasteiger charge is -2.35. The van der Waals surface area contributed by atoms with E-state index in [4.69, 9.17) is 4.74 Å². The topological polar surface area (TPSA) is 41.5 Å². The van der Waals surface area contributed by atoms with Gasteiger partial charge >= 0.3 is 0 Å². The van der Waals surface area contributed by atoms with Gasteiger partial charge in [-0.15, -0.1) is 0 Å². The monoisotopic (exact) mass is 227 g/mol. The minimum Gasteiger partial charge on any atom is -0.392 e. The Kier molecular flexibility index (Phi) is 4.62. The van der Waals surface area contributed by atoms with Crippen molar-refractivity contribution in [3.63, 3.8) is 0 Å². The van der Waals surface area contributed by atoms with Crippen LogP contribution < -0.4 is 5.32 Å². The molecule has 0 spiro atoms. The molecule has 16 heavy (non-hydrogen) atoms. The molecule has 2 aliphatic rings. The van der Waals surface area contributed by atoms with Gasteiger partial charge in [0, 0.05) is 19.2 Å². The van der Waals surface area contributed by atoms with Crippen LogP contribution in [0.25, 0.3) is 0 Å². The van der Waals surface area contributed by atoms with E-state index in [1.54, 1.807) is 0 Å². The third kappa shape index (κ3) is 3.19. The van der Waals surface area contributed by atoms with Gasteiger partial charge < -0.3 is 15.2 Å². The van der Waals surface area contributed by atoms with Gasteiger partial charge in [-0.3, -0.25) is 0 Å². The van der Waals surface area contributed by atoms with Crippen molar-refractivity contribution in [1.29, 1.82) is 0 Å². The molecule has 2 saturated carbocycles. The molecule has 0 heterocycles. The number of nitrogens with one attached hydrogen (secondary N) is 1. The molecule has 0 aromatic rings. The molecule has 0 bridgehead atoms. The maximum atomic E-state index is 9.91. The lowest BCUT2D eigenvalue weighted by atomic mass is 9.88. The van der Waals surface area contributed by atoms with Crippen molar-refractivity contribution < 1.29 is 9.84 Å². The second-order valence-corrected chi connectivity index (χ2v) is 5.33. The number of rotatable bonds is 3. The minimum absolute atomic E-state index is 0.117. The predicted octanol–water partition coefficient (Wildman–Crippen LogP) is 1.84. The molecule has 0 aliphatic heterocycles. The van der Waals surface area contributed by atoms with Crippen molar-refractivity contribution in [1.82, 2.24) is 5.32 Å². The van der Waals surface area contributed by atoms with Gasteiger partial charge in [-0.1, -0.05) is 12.8 Å². The molecule has 3 heteroatoms. The number of aliphatic hydroxyl groups is 1. The van der Waals surface area contributed by atoms with Crippen molar-refractivity contribution >= 4 is 0 Å². The van der Waals surface area contributed by atoms with E-state index in [1.165, 1.54) is 25.7 Å². The van der Waals surface area contributed by atoms with E-state index in [-0.39, 0.29) is 6.10 Å². The van der Waals surface area contributed by atoms with Gasteiger partial charge in [0.05, 0.1) is 12.2 Å². The summed E-state index contributed by atoms with van der Waals surface area (Å²) in [5.74, 6) is 0. The second-order valence-electron chi connectivity index (χ2n) is 5.33. The molecule has 2 fully saturated rings. The van der Waals surface area contributed by atoms with E-state index < -0.39 is 0 Å². The summed E-state index contributed by atoms with van der Waals surface area (Å²) >= 11 is 0. The molecule has 0 aromatic carbocycles. The van der Waals surface area contributed by atoms with Crippen LogP contribution >= 0.6 is 0 Å². The molecule has 0 saturated heterocycles. The van der Waals surface area contributed by atoms with Gasteiger partial charge in [-0.25, -0.2) is 0 Å². The lowest BCUT2D eigenvalue weighted by Crippen LogP contribution is -2.48. The van der Waals surface area contributed by atoms with Crippen LogP contribution in [0.4, 0.5) is 0 Å². The third-order valence-electron chi connectivity index (χ3n) is 4.19. The summed E-state index contributed by atoms with van der Waals surface area (Å²) in [4.78, 5) is 0. The van der Waals surface area contributed by atoms with Crippen LogP contribution in [-0.2, 0) is 4.74 Å². The lowest BCUT2D eigenvalue weighted by molar-refractivity contribution is 0.0479. The maximum absolute atomic E-state index is 9.91. The highest BCUT2D eigenvalue weighted by Gasteiger charge is 2.27. The van der Waals surface area contributed by atoms with Crippen molar-refractivity contribution in [2.75, 3.05) is 7.11 Å². The fraction of sp³-hybridized carbons (Fsp3) is 1.00. The Labute approximate surface area is 98.6 Å². The number of aliphatic hydroxyl groups excluding tert-OH is 1. The highest BCUT2D eigenvalue weighted by Crippen LogP contribution is 2.24. The van der Waals surface area contributed by atoms with Crippen LogP contribution in [0.3, 0.4) is 0 Å². The molecule has 94 valence electrons. The van der Waals surface area contributed by atoms with Gasteiger partial charge in [0.1, 0.15) is 0 Å². The smallest absolute Gasteiger partial charge is 0.0693 e. The van der Waals surface area contributed by atoms with E-state index in [2.05, 4.69) is 5.32 Å². The van der Waals surface area contributed by atoms with Crippen LogP contribution in [0.5, 0.6) is 0 Å². The first-order valence-corrected chi connectivity index (χ1v) is 6.76. The SMILES string of the molecule is COC1CCC(NC2CCCCC2O)CC1. The Morgan fingerprint density at radius 3 is 2.31 bits per heavy atom. The van der Waals surface area contributed by atoms with E-state index in [0.717, 1.165) is 25.7 Å². The van der Waals surface area contributed by atoms with Crippen molar-refractivity contribution in [2.24, 2.45) is 0 Å². The van der Waals surface area contributed by atoms with E-state index in [1.807, 2.05) is 7.11 Å². The zero-order valence-electron chi connectivity index (χ0n) is 10.3. The van der Waals surface area contributed by atoms with Crippen molar-refractivity contribution in [3.05, 3.63) is 0 Å². The molecule has 0 radical (unpaired) electrons. The minimum atomic E-state index is -0.117. The third-order valence-corrected chi connectivity index (χ3v) is 4.19. The number of methoxy groups -OCH3 is 1. The van der Waals surface area contributed by atoms with Gasteiger partial charge in [0.15, 0.2) is 0 Å². The number of ether oxygens (including phenoxy) is 1. The summed E-state index contributed by atoms with van der Waals surface area (Å²) < 4.78 is 5.37. The molecule has 0 aromatic heterocycles.